The summed E-state index contributed by atoms with van der Waals surface area (Å²) in [6.45, 7) is 5.09. The molecule has 1 saturated heterocycles. The van der Waals surface area contributed by atoms with E-state index in [-0.39, 0.29) is 12.0 Å². The van der Waals surface area contributed by atoms with Crippen molar-refractivity contribution in [2.24, 2.45) is 5.92 Å². The van der Waals surface area contributed by atoms with Crippen molar-refractivity contribution in [3.8, 4) is 11.3 Å². The molecule has 0 radical (unpaired) electrons. The molecule has 1 N–H and O–H groups in total. The van der Waals surface area contributed by atoms with Crippen molar-refractivity contribution in [2.45, 2.75) is 56.8 Å². The number of nitrogens with one attached hydrogen (secondary N) is 1. The molecule has 2 saturated carbocycles. The highest BCUT2D eigenvalue weighted by atomic mass is 35.5. The summed E-state index contributed by atoms with van der Waals surface area (Å²) in [6, 6.07) is 13.8. The number of benzene rings is 2. The van der Waals surface area contributed by atoms with Crippen molar-refractivity contribution in [2.75, 3.05) is 17.2 Å². The van der Waals surface area contributed by atoms with Crippen LogP contribution in [0.2, 0.25) is 10.0 Å². The van der Waals surface area contributed by atoms with Crippen LogP contribution in [0.25, 0.3) is 11.3 Å². The quantitative estimate of drug-likeness (QED) is 0.142. The predicted molar refractivity (Wildman–Crippen MR) is 158 cm³/mol. The van der Waals surface area contributed by atoms with Crippen LogP contribution in [0.15, 0.2) is 59.6 Å². The number of piperidine rings is 1. The third kappa shape index (κ3) is 5.60. The summed E-state index contributed by atoms with van der Waals surface area (Å²) in [4.78, 5) is 14.8. The Morgan fingerprint density at radius 3 is 2.62 bits per heavy atom. The Hall–Kier alpha value is -2.45. The molecule has 2 aliphatic carbocycles. The first-order chi connectivity index (χ1) is 19.0. The maximum Gasteiger partial charge on any atom is 0.261 e. The van der Waals surface area contributed by atoms with Crippen LogP contribution in [0.3, 0.4) is 0 Å². The Balaban J connectivity index is 1.09. The van der Waals surface area contributed by atoms with Crippen LogP contribution in [-0.2, 0) is 11.3 Å². The van der Waals surface area contributed by atoms with E-state index in [9.17, 15) is 4.79 Å². The average Bonchev–Trinajstić information content (AvgIpc) is 3.39. The molecule has 204 valence electrons. The lowest BCUT2D eigenvalue weighted by atomic mass is 10.0. The Bertz CT molecular complexity index is 1340. The van der Waals surface area contributed by atoms with Gasteiger partial charge in [-0.05, 0) is 80.5 Å². The molecule has 0 spiro atoms. The second-order valence-electron chi connectivity index (χ2n) is 10.5. The van der Waals surface area contributed by atoms with E-state index in [4.69, 9.17) is 32.5 Å². The molecule has 0 unspecified atom stereocenters. The Morgan fingerprint density at radius 2 is 1.95 bits per heavy atom. The number of allylic oxidation sites excluding steroid dienone is 1. The van der Waals surface area contributed by atoms with E-state index >= 15 is 0 Å². The highest BCUT2D eigenvalue weighted by Crippen LogP contribution is 2.47. The Kier molecular flexibility index (Phi) is 7.94. The van der Waals surface area contributed by atoms with Gasteiger partial charge >= 0.3 is 0 Å². The van der Waals surface area contributed by atoms with E-state index in [1.807, 2.05) is 36.4 Å². The lowest BCUT2D eigenvalue weighted by molar-refractivity contribution is 0.0122. The molecule has 2 heterocycles. The number of fused-ring (bicyclic) bond motifs is 2. The minimum atomic E-state index is -0.0660. The largest absolute Gasteiger partial charge is 0.373 e. The van der Waals surface area contributed by atoms with Crippen LogP contribution >= 0.6 is 35.1 Å². The molecule has 2 aromatic carbocycles. The molecule has 9 heteroatoms. The van der Waals surface area contributed by atoms with E-state index in [2.05, 4.69) is 33.5 Å². The van der Waals surface area contributed by atoms with Gasteiger partial charge in [-0.2, -0.15) is 0 Å². The molecule has 1 aromatic heterocycles. The van der Waals surface area contributed by atoms with Gasteiger partial charge in [-0.3, -0.25) is 9.52 Å². The molecule has 3 aromatic rings. The van der Waals surface area contributed by atoms with Crippen molar-refractivity contribution in [1.29, 1.82) is 0 Å². The number of hydrogen-bond donors (Lipinski definition) is 1. The number of carbonyl (C=O) groups is 1. The summed E-state index contributed by atoms with van der Waals surface area (Å²) >= 11 is 14.4. The highest BCUT2D eigenvalue weighted by Gasteiger charge is 2.45. The average molecular weight is 585 g/mol. The first kappa shape index (κ1) is 26.8. The van der Waals surface area contributed by atoms with Gasteiger partial charge in [0, 0.05) is 52.6 Å². The zero-order valence-corrected chi connectivity index (χ0v) is 23.9. The number of nitrogens with zero attached hydrogens (tertiary/aromatic N) is 2. The summed E-state index contributed by atoms with van der Waals surface area (Å²) in [6.07, 6.45) is 7.19. The van der Waals surface area contributed by atoms with E-state index in [0.29, 0.717) is 51.4 Å². The number of aromatic nitrogens is 1. The molecule has 39 heavy (non-hydrogen) atoms. The van der Waals surface area contributed by atoms with Gasteiger partial charge in [-0.15, -0.1) is 6.58 Å². The second kappa shape index (κ2) is 11.6. The highest BCUT2D eigenvalue weighted by molar-refractivity contribution is 7.97. The minimum absolute atomic E-state index is 0.0660. The third-order valence-electron chi connectivity index (χ3n) is 7.94. The van der Waals surface area contributed by atoms with Gasteiger partial charge in [0.25, 0.3) is 5.91 Å². The first-order valence-electron chi connectivity index (χ1n) is 13.5. The van der Waals surface area contributed by atoms with Crippen molar-refractivity contribution in [3.63, 3.8) is 0 Å². The number of rotatable bonds is 11. The van der Waals surface area contributed by atoms with Crippen molar-refractivity contribution in [1.82, 2.24) is 9.88 Å². The van der Waals surface area contributed by atoms with Crippen LogP contribution in [0.5, 0.6) is 0 Å². The van der Waals surface area contributed by atoms with Crippen LogP contribution in [-0.4, -0.2) is 35.5 Å². The normalized spacial score (nSPS) is 21.9. The molecule has 3 aliphatic rings. The smallest absolute Gasteiger partial charge is 0.261 e. The van der Waals surface area contributed by atoms with E-state index in [0.717, 1.165) is 61.4 Å². The van der Waals surface area contributed by atoms with Crippen molar-refractivity contribution >= 4 is 46.7 Å². The van der Waals surface area contributed by atoms with E-state index in [1.165, 1.54) is 11.9 Å². The summed E-state index contributed by atoms with van der Waals surface area (Å²) in [5.41, 5.74) is 4.21. The molecular formula is C30H31Cl2N3O3S. The molecule has 6 rings (SSSR count). The van der Waals surface area contributed by atoms with E-state index < -0.39 is 0 Å². The van der Waals surface area contributed by atoms with Crippen LogP contribution in [0.1, 0.15) is 59.7 Å². The molecule has 6 nitrogen and oxygen atoms in total. The maximum atomic E-state index is 12.4. The monoisotopic (exact) mass is 583 g/mol. The maximum absolute atomic E-state index is 12.4. The molecule has 2 bridgehead atoms. The fraction of sp³-hybridized carbons (Fsp3) is 0.400. The number of halogens is 2. The molecular weight excluding hydrogens is 553 g/mol. The topological polar surface area (TPSA) is 67.6 Å². The lowest BCUT2D eigenvalue weighted by Gasteiger charge is -2.33. The number of anilines is 1. The second-order valence-corrected chi connectivity index (χ2v) is 12.3. The van der Waals surface area contributed by atoms with Gasteiger partial charge in [0.1, 0.15) is 11.5 Å². The molecule has 1 aliphatic heterocycles. The van der Waals surface area contributed by atoms with Crippen molar-refractivity contribution in [3.05, 3.63) is 82.1 Å². The zero-order chi connectivity index (χ0) is 26.9. The third-order valence-corrected chi connectivity index (χ3v) is 9.33. The summed E-state index contributed by atoms with van der Waals surface area (Å²) in [7, 11) is 0. The Morgan fingerprint density at radius 1 is 1.18 bits per heavy atom. The van der Waals surface area contributed by atoms with Gasteiger partial charge < -0.3 is 14.2 Å². The number of amides is 1. The molecule has 1 amide bonds. The van der Waals surface area contributed by atoms with Crippen LogP contribution in [0.4, 0.5) is 5.69 Å². The van der Waals surface area contributed by atoms with Crippen LogP contribution in [0, 0.1) is 5.92 Å². The predicted octanol–water partition coefficient (Wildman–Crippen LogP) is 7.66. The van der Waals surface area contributed by atoms with Gasteiger partial charge in [0.2, 0.25) is 0 Å². The number of hydrogen-bond acceptors (Lipinski definition) is 6. The standard InChI is InChI=1S/C30H31Cl2N3O3S/c1-2-3-13-39-34-30(36)19-9-11-21(12-10-19)35-16-20-14-22(35)15-26(20)37-17-23-28(33-38-29(23)18-7-8-18)27-24(31)5-4-6-25(27)32/h2,4-6,9-12,18,20,22,26H,1,3,7-8,13-17H2,(H,34,36)/t20-,22-,26+/m0/s1. The van der Waals surface area contributed by atoms with Crippen molar-refractivity contribution < 1.29 is 14.1 Å². The molecule has 3 fully saturated rings. The zero-order valence-electron chi connectivity index (χ0n) is 21.6. The fourth-order valence-corrected chi connectivity index (χ4v) is 7.00. The number of carbonyl (C=O) groups excluding carboxylic acids is 1. The number of ether oxygens (including phenoxy) is 1. The lowest BCUT2D eigenvalue weighted by Crippen LogP contribution is -2.38. The van der Waals surface area contributed by atoms with E-state index in [1.54, 1.807) is 0 Å². The first-order valence-corrected chi connectivity index (χ1v) is 15.2. The van der Waals surface area contributed by atoms with Gasteiger partial charge in [-0.1, -0.05) is 40.5 Å². The van der Waals surface area contributed by atoms with Gasteiger partial charge in [0.05, 0.1) is 22.8 Å². The summed E-state index contributed by atoms with van der Waals surface area (Å²) < 4.78 is 15.3. The van der Waals surface area contributed by atoms with Gasteiger partial charge in [-0.25, -0.2) is 0 Å². The summed E-state index contributed by atoms with van der Waals surface area (Å²) in [5.74, 6) is 2.52. The SMILES string of the molecule is C=CCCSNC(=O)c1ccc(N2C[C@@H]3C[C@H]2C[C@H]3OCc2c(-c3c(Cl)cccc3Cl)noc2C2CC2)cc1. The van der Waals surface area contributed by atoms with Crippen LogP contribution < -0.4 is 9.62 Å². The minimum Gasteiger partial charge on any atom is -0.373 e. The fourth-order valence-electron chi connectivity index (χ4n) is 5.79. The molecule has 3 atom stereocenters. The van der Waals surface area contributed by atoms with Gasteiger partial charge in [0.15, 0.2) is 0 Å². The summed E-state index contributed by atoms with van der Waals surface area (Å²) in [5, 5.41) is 5.51. The Labute approximate surface area is 243 Å².